The summed E-state index contributed by atoms with van der Waals surface area (Å²) in [5.74, 6) is -1.93. The van der Waals surface area contributed by atoms with Crippen molar-refractivity contribution in [3.8, 4) is 0 Å². The van der Waals surface area contributed by atoms with Gasteiger partial charge in [-0.05, 0) is 32.9 Å². The van der Waals surface area contributed by atoms with Crippen LogP contribution >= 0.6 is 11.6 Å². The van der Waals surface area contributed by atoms with Gasteiger partial charge in [-0.3, -0.25) is 9.59 Å². The van der Waals surface area contributed by atoms with Crippen molar-refractivity contribution in [2.45, 2.75) is 38.8 Å². The van der Waals surface area contributed by atoms with Crippen molar-refractivity contribution in [1.82, 2.24) is 5.32 Å². The van der Waals surface area contributed by atoms with E-state index < -0.39 is 29.5 Å². The lowest BCUT2D eigenvalue weighted by molar-refractivity contribution is -0.158. The molecule has 1 atom stereocenters. The Labute approximate surface area is 140 Å². The van der Waals surface area contributed by atoms with Gasteiger partial charge in [0.15, 0.2) is 0 Å². The number of methoxy groups -OCH3 is 1. The average Bonchev–Trinajstić information content (AvgIpc) is 2.44. The number of esters is 2. The smallest absolute Gasteiger partial charge is 0.328 e. The largest absolute Gasteiger partial charge is 0.467 e. The maximum Gasteiger partial charge on any atom is 0.328 e. The minimum Gasteiger partial charge on any atom is -0.467 e. The minimum absolute atomic E-state index is 0.201. The molecule has 126 valence electrons. The molecule has 0 spiro atoms. The van der Waals surface area contributed by atoms with Gasteiger partial charge >= 0.3 is 11.9 Å². The molecule has 0 aliphatic carbocycles. The summed E-state index contributed by atoms with van der Waals surface area (Å²) < 4.78 is 9.77. The lowest BCUT2D eigenvalue weighted by Crippen LogP contribution is -2.44. The molecule has 23 heavy (non-hydrogen) atoms. The van der Waals surface area contributed by atoms with E-state index in [-0.39, 0.29) is 17.0 Å². The van der Waals surface area contributed by atoms with Gasteiger partial charge in [0.1, 0.15) is 11.6 Å². The average molecular weight is 342 g/mol. The van der Waals surface area contributed by atoms with Gasteiger partial charge in [0.25, 0.3) is 5.91 Å². The van der Waals surface area contributed by atoms with E-state index in [0.717, 1.165) is 0 Å². The van der Waals surface area contributed by atoms with Gasteiger partial charge in [0.05, 0.1) is 24.1 Å². The van der Waals surface area contributed by atoms with E-state index in [2.05, 4.69) is 10.1 Å². The van der Waals surface area contributed by atoms with Crippen LogP contribution in [0.5, 0.6) is 0 Å². The SMILES string of the molecule is COC(=O)[C@@H](CC(=O)OC(C)(C)C)NC(=O)c1ccccc1Cl. The van der Waals surface area contributed by atoms with E-state index in [1.165, 1.54) is 13.2 Å². The van der Waals surface area contributed by atoms with Crippen LogP contribution in [0.4, 0.5) is 0 Å². The Morgan fingerprint density at radius 1 is 1.22 bits per heavy atom. The van der Waals surface area contributed by atoms with Crippen molar-refractivity contribution in [3.63, 3.8) is 0 Å². The molecule has 0 saturated heterocycles. The van der Waals surface area contributed by atoms with Crippen LogP contribution in [0.2, 0.25) is 5.02 Å². The molecule has 7 heteroatoms. The van der Waals surface area contributed by atoms with Gasteiger partial charge in [0, 0.05) is 0 Å². The zero-order valence-corrected chi connectivity index (χ0v) is 14.3. The number of ether oxygens (including phenoxy) is 2. The number of nitrogens with one attached hydrogen (secondary N) is 1. The second-order valence-electron chi connectivity index (χ2n) is 5.82. The number of hydrogen-bond donors (Lipinski definition) is 1. The molecule has 0 heterocycles. The van der Waals surface area contributed by atoms with E-state index in [1.807, 2.05) is 0 Å². The molecule has 0 aliphatic rings. The second kappa shape index (κ2) is 7.97. The summed E-state index contributed by atoms with van der Waals surface area (Å²) in [4.78, 5) is 35.9. The summed E-state index contributed by atoms with van der Waals surface area (Å²) in [5, 5.41) is 2.68. The van der Waals surface area contributed by atoms with Crippen molar-refractivity contribution in [1.29, 1.82) is 0 Å². The quantitative estimate of drug-likeness (QED) is 0.831. The molecule has 6 nitrogen and oxygen atoms in total. The highest BCUT2D eigenvalue weighted by Crippen LogP contribution is 2.15. The van der Waals surface area contributed by atoms with Gasteiger partial charge in [-0.1, -0.05) is 23.7 Å². The molecule has 1 aromatic carbocycles. The predicted octanol–water partition coefficient (Wildman–Crippen LogP) is 2.34. The van der Waals surface area contributed by atoms with Crippen LogP contribution in [0.25, 0.3) is 0 Å². The van der Waals surface area contributed by atoms with Crippen molar-refractivity contribution < 1.29 is 23.9 Å². The van der Waals surface area contributed by atoms with Crippen LogP contribution in [0, 0.1) is 0 Å². The number of carbonyl (C=O) groups is 3. The zero-order chi connectivity index (χ0) is 17.6. The second-order valence-corrected chi connectivity index (χ2v) is 6.23. The Morgan fingerprint density at radius 2 is 1.83 bits per heavy atom. The van der Waals surface area contributed by atoms with Crippen LogP contribution < -0.4 is 5.32 Å². The van der Waals surface area contributed by atoms with E-state index in [1.54, 1.807) is 39.0 Å². The Kier molecular flexibility index (Phi) is 6.57. The zero-order valence-electron chi connectivity index (χ0n) is 13.5. The number of hydrogen-bond acceptors (Lipinski definition) is 5. The molecule has 1 rings (SSSR count). The molecule has 0 fully saturated rings. The van der Waals surface area contributed by atoms with Crippen molar-refractivity contribution >= 4 is 29.4 Å². The summed E-state index contributed by atoms with van der Waals surface area (Å²) in [6.45, 7) is 5.13. The monoisotopic (exact) mass is 341 g/mol. The molecule has 1 amide bonds. The lowest BCUT2D eigenvalue weighted by Gasteiger charge is -2.22. The molecule has 0 unspecified atom stereocenters. The standard InChI is InChI=1S/C16H20ClNO5/c1-16(2,3)23-13(19)9-12(15(21)22-4)18-14(20)10-7-5-6-8-11(10)17/h5-8,12H,9H2,1-4H3,(H,18,20)/t12-/m1/s1. The Hall–Kier alpha value is -2.08. The Balaban J connectivity index is 2.83. The number of rotatable bonds is 5. The van der Waals surface area contributed by atoms with Crippen LogP contribution in [0.3, 0.4) is 0 Å². The summed E-state index contributed by atoms with van der Waals surface area (Å²) in [7, 11) is 1.17. The number of carbonyl (C=O) groups excluding carboxylic acids is 3. The fourth-order valence-corrected chi connectivity index (χ4v) is 1.99. The Bertz CT molecular complexity index is 594. The fraction of sp³-hybridized carbons (Fsp3) is 0.438. The first-order valence-corrected chi connectivity index (χ1v) is 7.37. The van der Waals surface area contributed by atoms with E-state index in [4.69, 9.17) is 16.3 Å². The molecular weight excluding hydrogens is 322 g/mol. The van der Waals surface area contributed by atoms with Crippen LogP contribution in [-0.2, 0) is 19.1 Å². The molecule has 0 aliphatic heterocycles. The van der Waals surface area contributed by atoms with Gasteiger partial charge in [-0.15, -0.1) is 0 Å². The van der Waals surface area contributed by atoms with Gasteiger partial charge in [-0.2, -0.15) is 0 Å². The molecule has 1 aromatic rings. The van der Waals surface area contributed by atoms with E-state index >= 15 is 0 Å². The molecule has 0 radical (unpaired) electrons. The molecule has 1 N–H and O–H groups in total. The molecule has 0 saturated carbocycles. The first-order valence-electron chi connectivity index (χ1n) is 6.99. The van der Waals surface area contributed by atoms with E-state index in [0.29, 0.717) is 0 Å². The van der Waals surface area contributed by atoms with Crippen LogP contribution in [0.15, 0.2) is 24.3 Å². The predicted molar refractivity (Wildman–Crippen MR) is 85.2 cm³/mol. The molecule has 0 bridgehead atoms. The maximum atomic E-state index is 12.2. The molecular formula is C16H20ClNO5. The highest BCUT2D eigenvalue weighted by atomic mass is 35.5. The van der Waals surface area contributed by atoms with Gasteiger partial charge < -0.3 is 14.8 Å². The van der Waals surface area contributed by atoms with Crippen molar-refractivity contribution in [2.75, 3.05) is 7.11 Å². The first-order chi connectivity index (χ1) is 10.6. The minimum atomic E-state index is -1.15. The normalized spacial score (nSPS) is 12.2. The number of amides is 1. The van der Waals surface area contributed by atoms with E-state index in [9.17, 15) is 14.4 Å². The van der Waals surface area contributed by atoms with Gasteiger partial charge in [0.2, 0.25) is 0 Å². The van der Waals surface area contributed by atoms with Crippen molar-refractivity contribution in [3.05, 3.63) is 34.9 Å². The lowest BCUT2D eigenvalue weighted by atomic mass is 10.1. The number of benzene rings is 1. The topological polar surface area (TPSA) is 81.7 Å². The molecule has 0 aromatic heterocycles. The third-order valence-corrected chi connectivity index (χ3v) is 3.03. The van der Waals surface area contributed by atoms with Crippen molar-refractivity contribution in [2.24, 2.45) is 0 Å². The summed E-state index contributed by atoms with van der Waals surface area (Å²) in [6.07, 6.45) is -0.333. The third kappa shape index (κ3) is 6.28. The summed E-state index contributed by atoms with van der Waals surface area (Å²) in [6, 6.07) is 5.23. The Morgan fingerprint density at radius 3 is 2.35 bits per heavy atom. The van der Waals surface area contributed by atoms with Gasteiger partial charge in [-0.25, -0.2) is 4.79 Å². The fourth-order valence-electron chi connectivity index (χ4n) is 1.77. The first kappa shape index (κ1) is 19.0. The highest BCUT2D eigenvalue weighted by molar-refractivity contribution is 6.33. The third-order valence-electron chi connectivity index (χ3n) is 2.70. The summed E-state index contributed by atoms with van der Waals surface area (Å²) >= 11 is 5.94. The van der Waals surface area contributed by atoms with Crippen LogP contribution in [-0.4, -0.2) is 36.6 Å². The van der Waals surface area contributed by atoms with Crippen LogP contribution in [0.1, 0.15) is 37.6 Å². The highest BCUT2D eigenvalue weighted by Gasteiger charge is 2.28. The number of halogens is 1. The summed E-state index contributed by atoms with van der Waals surface area (Å²) in [5.41, 5.74) is -0.489. The maximum absolute atomic E-state index is 12.2.